The molecule has 1 saturated heterocycles. The third-order valence-corrected chi connectivity index (χ3v) is 2.80. The molecule has 0 atom stereocenters. The van der Waals surface area contributed by atoms with Crippen LogP contribution in [0.25, 0.3) is 0 Å². The van der Waals surface area contributed by atoms with E-state index in [1.807, 2.05) is 0 Å². The van der Waals surface area contributed by atoms with Gasteiger partial charge in [0.15, 0.2) is 0 Å². The van der Waals surface area contributed by atoms with Gasteiger partial charge >= 0.3 is 0 Å². The molecule has 0 spiro atoms. The predicted molar refractivity (Wildman–Crippen MR) is 54.4 cm³/mol. The third-order valence-electron chi connectivity index (χ3n) is 2.80. The average Bonchev–Trinajstić information content (AvgIpc) is 1.81. The first kappa shape index (κ1) is 10.0. The van der Waals surface area contributed by atoms with Crippen molar-refractivity contribution in [2.75, 3.05) is 13.1 Å². The summed E-state index contributed by atoms with van der Waals surface area (Å²) in [6, 6.07) is 0. The number of nitrogens with zero attached hydrogens (tertiary/aromatic N) is 1. The van der Waals surface area contributed by atoms with E-state index < -0.39 is 0 Å². The Bertz CT molecular complexity index is 115. The van der Waals surface area contributed by atoms with Gasteiger partial charge in [-0.05, 0) is 46.7 Å². The van der Waals surface area contributed by atoms with E-state index in [1.165, 1.54) is 45.2 Å². The summed E-state index contributed by atoms with van der Waals surface area (Å²) in [5.41, 5.74) is 0.386. The largest absolute Gasteiger partial charge is 0.298 e. The highest BCUT2D eigenvalue weighted by Crippen LogP contribution is 2.18. The number of likely N-dealkylation sites (tertiary alicyclic amines) is 1. The zero-order valence-electron chi connectivity index (χ0n) is 8.90. The number of hydrogen-bond donors (Lipinski definition) is 0. The van der Waals surface area contributed by atoms with E-state index in [2.05, 4.69) is 25.7 Å². The van der Waals surface area contributed by atoms with Gasteiger partial charge in [0.2, 0.25) is 0 Å². The highest BCUT2D eigenvalue weighted by molar-refractivity contribution is 4.76. The molecule has 0 unspecified atom stereocenters. The van der Waals surface area contributed by atoms with Gasteiger partial charge in [-0.2, -0.15) is 0 Å². The molecule has 1 heterocycles. The van der Waals surface area contributed by atoms with Crippen LogP contribution in [0, 0.1) is 0 Å². The van der Waals surface area contributed by atoms with Crippen molar-refractivity contribution in [3.05, 3.63) is 0 Å². The van der Waals surface area contributed by atoms with Crippen LogP contribution in [-0.2, 0) is 0 Å². The van der Waals surface area contributed by atoms with Crippen LogP contribution in [0.5, 0.6) is 0 Å². The minimum atomic E-state index is 0.386. The molecule has 1 fully saturated rings. The van der Waals surface area contributed by atoms with Gasteiger partial charge < -0.3 is 0 Å². The van der Waals surface area contributed by atoms with Crippen LogP contribution in [0.3, 0.4) is 0 Å². The van der Waals surface area contributed by atoms with Crippen molar-refractivity contribution in [2.45, 2.75) is 58.4 Å². The molecule has 0 radical (unpaired) electrons. The van der Waals surface area contributed by atoms with Crippen LogP contribution in [0.2, 0.25) is 0 Å². The molecule has 0 aromatic carbocycles. The fourth-order valence-corrected chi connectivity index (χ4v) is 1.92. The Kier molecular flexibility index (Phi) is 3.57. The lowest BCUT2D eigenvalue weighted by molar-refractivity contribution is 0.124. The van der Waals surface area contributed by atoms with Crippen molar-refractivity contribution in [3.8, 4) is 0 Å². The van der Waals surface area contributed by atoms with Gasteiger partial charge in [0, 0.05) is 5.54 Å². The van der Waals surface area contributed by atoms with Crippen molar-refractivity contribution < 1.29 is 0 Å². The maximum atomic E-state index is 2.63. The van der Waals surface area contributed by atoms with E-state index in [9.17, 15) is 0 Å². The van der Waals surface area contributed by atoms with E-state index >= 15 is 0 Å². The Morgan fingerprint density at radius 3 is 1.58 bits per heavy atom. The van der Waals surface area contributed by atoms with E-state index in [0.717, 1.165) is 0 Å². The molecule has 72 valence electrons. The first-order chi connectivity index (χ1) is 5.61. The van der Waals surface area contributed by atoms with E-state index in [4.69, 9.17) is 0 Å². The number of hydrogen-bond acceptors (Lipinski definition) is 1. The normalized spacial score (nSPS) is 23.2. The summed E-state index contributed by atoms with van der Waals surface area (Å²) < 4.78 is 0. The van der Waals surface area contributed by atoms with E-state index in [-0.39, 0.29) is 0 Å². The second kappa shape index (κ2) is 4.27. The van der Waals surface area contributed by atoms with Crippen LogP contribution in [0.15, 0.2) is 0 Å². The van der Waals surface area contributed by atoms with E-state index in [1.54, 1.807) is 0 Å². The molecule has 0 amide bonds. The maximum absolute atomic E-state index is 2.63. The lowest BCUT2D eigenvalue weighted by atomic mass is 10.0. The molecular formula is C11H23N. The summed E-state index contributed by atoms with van der Waals surface area (Å²) in [7, 11) is 0. The Morgan fingerprint density at radius 1 is 0.750 bits per heavy atom. The van der Waals surface area contributed by atoms with Gasteiger partial charge in [-0.15, -0.1) is 0 Å². The Labute approximate surface area is 77.1 Å². The third kappa shape index (κ3) is 3.14. The molecule has 0 aliphatic carbocycles. The van der Waals surface area contributed by atoms with Crippen LogP contribution >= 0.6 is 0 Å². The maximum Gasteiger partial charge on any atom is 0.0125 e. The van der Waals surface area contributed by atoms with Crippen molar-refractivity contribution >= 4 is 0 Å². The van der Waals surface area contributed by atoms with Gasteiger partial charge in [-0.3, -0.25) is 4.90 Å². The molecule has 1 rings (SSSR count). The van der Waals surface area contributed by atoms with Crippen molar-refractivity contribution in [2.24, 2.45) is 0 Å². The van der Waals surface area contributed by atoms with Crippen LogP contribution in [0.1, 0.15) is 52.9 Å². The van der Waals surface area contributed by atoms with Crippen molar-refractivity contribution in [3.63, 3.8) is 0 Å². The average molecular weight is 169 g/mol. The standard InChI is InChI=1S/C11H23N/c1-11(2,3)12-9-7-5-4-6-8-10-12/h4-10H2,1-3H3. The summed E-state index contributed by atoms with van der Waals surface area (Å²) in [5, 5.41) is 0. The molecule has 0 N–H and O–H groups in total. The van der Waals surface area contributed by atoms with Gasteiger partial charge in [0.25, 0.3) is 0 Å². The quantitative estimate of drug-likeness (QED) is 0.539. The molecule has 0 aromatic heterocycles. The second-order valence-corrected chi connectivity index (χ2v) is 4.93. The molecular weight excluding hydrogens is 146 g/mol. The fourth-order valence-electron chi connectivity index (χ4n) is 1.92. The predicted octanol–water partition coefficient (Wildman–Crippen LogP) is 3.05. The molecule has 1 heteroatoms. The summed E-state index contributed by atoms with van der Waals surface area (Å²) in [5.74, 6) is 0. The molecule has 0 aromatic rings. The lowest BCUT2D eigenvalue weighted by Crippen LogP contribution is -2.42. The van der Waals surface area contributed by atoms with Gasteiger partial charge in [-0.1, -0.05) is 19.3 Å². The first-order valence-corrected chi connectivity index (χ1v) is 5.36. The Morgan fingerprint density at radius 2 is 1.17 bits per heavy atom. The van der Waals surface area contributed by atoms with Crippen LogP contribution in [-0.4, -0.2) is 23.5 Å². The monoisotopic (exact) mass is 169 g/mol. The second-order valence-electron chi connectivity index (χ2n) is 4.93. The van der Waals surface area contributed by atoms with Crippen molar-refractivity contribution in [1.82, 2.24) is 4.90 Å². The zero-order chi connectivity index (χ0) is 9.03. The van der Waals surface area contributed by atoms with Crippen LogP contribution in [0.4, 0.5) is 0 Å². The Hall–Kier alpha value is -0.0400. The topological polar surface area (TPSA) is 3.24 Å². The minimum Gasteiger partial charge on any atom is -0.298 e. The zero-order valence-corrected chi connectivity index (χ0v) is 8.90. The van der Waals surface area contributed by atoms with Crippen LogP contribution < -0.4 is 0 Å². The molecule has 12 heavy (non-hydrogen) atoms. The highest BCUT2D eigenvalue weighted by Gasteiger charge is 2.20. The summed E-state index contributed by atoms with van der Waals surface area (Å²) >= 11 is 0. The Balaban J connectivity index is 2.40. The summed E-state index contributed by atoms with van der Waals surface area (Å²) in [6.45, 7) is 9.60. The molecule has 0 bridgehead atoms. The SMILES string of the molecule is CC(C)(C)N1CCCCCCC1. The van der Waals surface area contributed by atoms with Gasteiger partial charge in [-0.25, -0.2) is 0 Å². The molecule has 0 saturated carbocycles. The molecule has 1 aliphatic heterocycles. The van der Waals surface area contributed by atoms with Gasteiger partial charge in [0.1, 0.15) is 0 Å². The highest BCUT2D eigenvalue weighted by atomic mass is 15.2. The minimum absolute atomic E-state index is 0.386. The molecule has 1 aliphatic rings. The summed E-state index contributed by atoms with van der Waals surface area (Å²) in [6.07, 6.45) is 7.13. The van der Waals surface area contributed by atoms with Crippen molar-refractivity contribution in [1.29, 1.82) is 0 Å². The van der Waals surface area contributed by atoms with E-state index in [0.29, 0.717) is 5.54 Å². The fraction of sp³-hybridized carbons (Fsp3) is 1.00. The van der Waals surface area contributed by atoms with Gasteiger partial charge in [0.05, 0.1) is 0 Å². The summed E-state index contributed by atoms with van der Waals surface area (Å²) in [4.78, 5) is 2.63. The lowest BCUT2D eigenvalue weighted by Gasteiger charge is -2.36. The first-order valence-electron chi connectivity index (χ1n) is 5.36. The number of rotatable bonds is 0. The molecule has 1 nitrogen and oxygen atoms in total. The smallest absolute Gasteiger partial charge is 0.0125 e.